The minimum atomic E-state index is 0.407. The number of aromatic nitrogens is 5. The maximum atomic E-state index is 6.14. The lowest BCUT2D eigenvalue weighted by Crippen LogP contribution is -1.99. The topological polar surface area (TPSA) is 56.5 Å². The fraction of sp³-hybridized carbons (Fsp3) is 0.158. The summed E-state index contributed by atoms with van der Waals surface area (Å²) in [6.07, 6.45) is 7.99. The van der Waals surface area contributed by atoms with Crippen molar-refractivity contribution in [1.82, 2.24) is 24.7 Å². The molecule has 3 aromatic heterocycles. The third-order valence-corrected chi connectivity index (χ3v) is 4.51. The number of aryl methyl sites for hydroxylation is 2. The molecule has 1 aromatic carbocycles. The molecule has 0 bridgehead atoms. The molecule has 0 radical (unpaired) electrons. The third kappa shape index (κ3) is 3.10. The smallest absolute Gasteiger partial charge is 0.155 e. The van der Waals surface area contributed by atoms with Gasteiger partial charge in [-0.05, 0) is 29.7 Å². The van der Waals surface area contributed by atoms with E-state index in [9.17, 15) is 0 Å². The number of halogens is 1. The fourth-order valence-corrected chi connectivity index (χ4v) is 3.07. The predicted octanol–water partition coefficient (Wildman–Crippen LogP) is 3.98. The summed E-state index contributed by atoms with van der Waals surface area (Å²) in [7, 11) is 1.92. The maximum Gasteiger partial charge on any atom is 0.155 e. The summed E-state index contributed by atoms with van der Waals surface area (Å²) in [4.78, 5) is 13.1. The zero-order valence-electron chi connectivity index (χ0n) is 13.9. The first-order chi connectivity index (χ1) is 12.1. The van der Waals surface area contributed by atoms with Crippen molar-refractivity contribution >= 4 is 22.5 Å². The second-order valence-electron chi connectivity index (χ2n) is 6.05. The molecule has 0 atom stereocenters. The van der Waals surface area contributed by atoms with Crippen LogP contribution in [0.4, 0.5) is 0 Å². The zero-order chi connectivity index (χ0) is 17.4. The van der Waals surface area contributed by atoms with Crippen LogP contribution in [0.2, 0.25) is 5.15 Å². The molecule has 0 aliphatic rings. The summed E-state index contributed by atoms with van der Waals surface area (Å²) >= 11 is 6.14. The summed E-state index contributed by atoms with van der Waals surface area (Å²) in [5, 5.41) is 5.53. The Labute approximate surface area is 150 Å². The van der Waals surface area contributed by atoms with E-state index in [1.165, 1.54) is 11.1 Å². The summed E-state index contributed by atoms with van der Waals surface area (Å²) in [6, 6.07) is 8.26. The molecule has 0 saturated heterocycles. The molecule has 0 spiro atoms. The van der Waals surface area contributed by atoms with E-state index >= 15 is 0 Å². The Hall–Kier alpha value is -2.79. The first-order valence-corrected chi connectivity index (χ1v) is 8.32. The number of pyridine rings is 1. The molecule has 0 aliphatic carbocycles. The highest BCUT2D eigenvalue weighted by Crippen LogP contribution is 2.24. The molecule has 25 heavy (non-hydrogen) atoms. The summed E-state index contributed by atoms with van der Waals surface area (Å²) in [5.41, 5.74) is 5.34. The normalized spacial score (nSPS) is 11.2. The number of hydrogen-bond acceptors (Lipinski definition) is 4. The average molecular weight is 350 g/mol. The summed E-state index contributed by atoms with van der Waals surface area (Å²) < 4.78 is 1.80. The van der Waals surface area contributed by atoms with Crippen LogP contribution in [-0.2, 0) is 13.5 Å². The molecule has 0 fully saturated rings. The molecule has 0 unspecified atom stereocenters. The Morgan fingerprint density at radius 2 is 1.96 bits per heavy atom. The van der Waals surface area contributed by atoms with Gasteiger partial charge in [-0.15, -0.1) is 0 Å². The number of nitrogens with zero attached hydrogens (tertiary/aromatic N) is 5. The first kappa shape index (κ1) is 15.7. The van der Waals surface area contributed by atoms with Gasteiger partial charge in [-0.25, -0.2) is 15.0 Å². The van der Waals surface area contributed by atoms with E-state index in [4.69, 9.17) is 11.6 Å². The lowest BCUT2D eigenvalue weighted by Gasteiger charge is -2.08. The third-order valence-electron chi connectivity index (χ3n) is 4.23. The molecule has 4 aromatic rings. The van der Waals surface area contributed by atoms with E-state index in [0.29, 0.717) is 17.1 Å². The lowest BCUT2D eigenvalue weighted by molar-refractivity contribution is 0.768. The van der Waals surface area contributed by atoms with Crippen molar-refractivity contribution in [2.75, 3.05) is 0 Å². The van der Waals surface area contributed by atoms with Gasteiger partial charge in [0, 0.05) is 43.0 Å². The maximum absolute atomic E-state index is 6.14. The van der Waals surface area contributed by atoms with Gasteiger partial charge in [0.25, 0.3) is 0 Å². The minimum Gasteiger partial charge on any atom is -0.275 e. The van der Waals surface area contributed by atoms with Crippen molar-refractivity contribution < 1.29 is 0 Å². The van der Waals surface area contributed by atoms with Crippen LogP contribution < -0.4 is 0 Å². The molecule has 0 aliphatic heterocycles. The van der Waals surface area contributed by atoms with E-state index in [1.54, 1.807) is 17.1 Å². The van der Waals surface area contributed by atoms with Gasteiger partial charge in [0.2, 0.25) is 0 Å². The second-order valence-corrected chi connectivity index (χ2v) is 6.40. The van der Waals surface area contributed by atoms with Crippen LogP contribution in [-0.4, -0.2) is 24.7 Å². The predicted molar refractivity (Wildman–Crippen MR) is 98.5 cm³/mol. The van der Waals surface area contributed by atoms with E-state index in [2.05, 4.69) is 45.2 Å². The van der Waals surface area contributed by atoms with Crippen LogP contribution in [0.15, 0.2) is 49.1 Å². The number of rotatable bonds is 3. The number of hydrogen-bond donors (Lipinski definition) is 0. The van der Waals surface area contributed by atoms with Gasteiger partial charge in [0.15, 0.2) is 5.15 Å². The Kier molecular flexibility index (Phi) is 3.93. The SMILES string of the molecule is Cc1cc(-c2cnn(C)c2)ccc1Cc1ncc2ccnc(Cl)c2n1. The Balaban J connectivity index is 1.65. The Morgan fingerprint density at radius 1 is 1.08 bits per heavy atom. The molecule has 6 heteroatoms. The molecule has 0 saturated carbocycles. The monoisotopic (exact) mass is 349 g/mol. The second kappa shape index (κ2) is 6.26. The summed E-state index contributed by atoms with van der Waals surface area (Å²) in [5.74, 6) is 0.736. The van der Waals surface area contributed by atoms with Crippen LogP contribution in [0.3, 0.4) is 0 Å². The van der Waals surface area contributed by atoms with Crippen molar-refractivity contribution in [3.8, 4) is 11.1 Å². The average Bonchev–Trinajstić information content (AvgIpc) is 3.04. The highest BCUT2D eigenvalue weighted by atomic mass is 35.5. The van der Waals surface area contributed by atoms with Gasteiger partial charge in [-0.1, -0.05) is 29.8 Å². The Bertz CT molecular complexity index is 1070. The van der Waals surface area contributed by atoms with Gasteiger partial charge in [-0.3, -0.25) is 4.68 Å². The van der Waals surface area contributed by atoms with Crippen LogP contribution in [0.1, 0.15) is 17.0 Å². The highest BCUT2D eigenvalue weighted by molar-refractivity contribution is 6.33. The molecule has 0 N–H and O–H groups in total. The van der Waals surface area contributed by atoms with Crippen molar-refractivity contribution in [1.29, 1.82) is 0 Å². The van der Waals surface area contributed by atoms with Crippen LogP contribution in [0, 0.1) is 6.92 Å². The van der Waals surface area contributed by atoms with E-state index in [-0.39, 0.29) is 0 Å². The molecular formula is C19H16ClN5. The van der Waals surface area contributed by atoms with Gasteiger partial charge in [-0.2, -0.15) is 5.10 Å². The highest BCUT2D eigenvalue weighted by Gasteiger charge is 2.09. The molecule has 124 valence electrons. The van der Waals surface area contributed by atoms with E-state index < -0.39 is 0 Å². The lowest BCUT2D eigenvalue weighted by atomic mass is 10.00. The van der Waals surface area contributed by atoms with Crippen molar-refractivity contribution in [2.24, 2.45) is 7.05 Å². The Morgan fingerprint density at radius 3 is 2.72 bits per heavy atom. The quantitative estimate of drug-likeness (QED) is 0.525. The molecular weight excluding hydrogens is 334 g/mol. The van der Waals surface area contributed by atoms with Crippen molar-refractivity contribution in [3.63, 3.8) is 0 Å². The van der Waals surface area contributed by atoms with Crippen molar-refractivity contribution in [2.45, 2.75) is 13.3 Å². The fourth-order valence-electron chi connectivity index (χ4n) is 2.86. The number of fused-ring (bicyclic) bond motifs is 1. The molecule has 3 heterocycles. The van der Waals surface area contributed by atoms with Crippen LogP contribution in [0.5, 0.6) is 0 Å². The van der Waals surface area contributed by atoms with Gasteiger partial charge < -0.3 is 0 Å². The zero-order valence-corrected chi connectivity index (χ0v) is 14.7. The van der Waals surface area contributed by atoms with Crippen LogP contribution >= 0.6 is 11.6 Å². The van der Waals surface area contributed by atoms with Gasteiger partial charge in [0.05, 0.1) is 6.20 Å². The molecule has 4 rings (SSSR count). The van der Waals surface area contributed by atoms with E-state index in [0.717, 1.165) is 22.3 Å². The molecule has 0 amide bonds. The number of benzene rings is 1. The van der Waals surface area contributed by atoms with Gasteiger partial charge >= 0.3 is 0 Å². The molecule has 5 nitrogen and oxygen atoms in total. The van der Waals surface area contributed by atoms with Crippen LogP contribution in [0.25, 0.3) is 22.0 Å². The van der Waals surface area contributed by atoms with Gasteiger partial charge in [0.1, 0.15) is 11.3 Å². The van der Waals surface area contributed by atoms with Crippen molar-refractivity contribution in [3.05, 3.63) is 71.2 Å². The standard InChI is InChI=1S/C19H16ClN5/c1-12-7-14(16-10-23-25(2)11-16)4-3-13(12)8-17-22-9-15-5-6-21-19(20)18(15)24-17/h3-7,9-11H,8H2,1-2H3. The van der Waals surface area contributed by atoms with E-state index in [1.807, 2.05) is 25.5 Å². The first-order valence-electron chi connectivity index (χ1n) is 7.95. The summed E-state index contributed by atoms with van der Waals surface area (Å²) in [6.45, 7) is 2.10. The minimum absolute atomic E-state index is 0.407. The largest absolute Gasteiger partial charge is 0.275 e.